The topological polar surface area (TPSA) is 34.9 Å². The van der Waals surface area contributed by atoms with Crippen LogP contribution < -0.4 is 5.56 Å². The molecule has 2 rings (SSSR count). The first-order chi connectivity index (χ1) is 7.27. The van der Waals surface area contributed by atoms with Crippen LogP contribution >= 0.6 is 23.1 Å². The van der Waals surface area contributed by atoms with Gasteiger partial charge in [-0.1, -0.05) is 18.7 Å². The third-order valence-corrected chi connectivity index (χ3v) is 3.73. The number of fused-ring (bicyclic) bond motifs is 1. The monoisotopic (exact) mass is 240 g/mol. The van der Waals surface area contributed by atoms with Crippen molar-refractivity contribution in [3.63, 3.8) is 0 Å². The minimum atomic E-state index is 0.0983. The van der Waals surface area contributed by atoms with Gasteiger partial charge in [-0.15, -0.1) is 11.3 Å². The normalized spacial score (nSPS) is 11.1. The molecular formula is C10H12N2OS2. The number of thioether (sulfide) groups is 1. The van der Waals surface area contributed by atoms with Gasteiger partial charge in [-0.2, -0.15) is 0 Å². The quantitative estimate of drug-likeness (QED) is 0.611. The number of nitrogens with zero attached hydrogens (tertiary/aromatic N) is 2. The second-order valence-electron chi connectivity index (χ2n) is 3.19. The zero-order valence-corrected chi connectivity index (χ0v) is 10.3. The molecule has 0 saturated heterocycles. The van der Waals surface area contributed by atoms with Crippen molar-refractivity contribution in [1.82, 2.24) is 9.55 Å². The minimum Gasteiger partial charge on any atom is -0.286 e. The summed E-state index contributed by atoms with van der Waals surface area (Å²) < 4.78 is 2.53. The molecular weight excluding hydrogens is 228 g/mol. The molecule has 0 fully saturated rings. The van der Waals surface area contributed by atoms with Crippen molar-refractivity contribution in [3.05, 3.63) is 21.8 Å². The van der Waals surface area contributed by atoms with E-state index in [9.17, 15) is 4.79 Å². The predicted octanol–water partition coefficient (Wildman–Crippen LogP) is 2.59. The van der Waals surface area contributed by atoms with Crippen molar-refractivity contribution >= 4 is 33.3 Å². The maximum atomic E-state index is 12.1. The Morgan fingerprint density at radius 3 is 3.07 bits per heavy atom. The highest BCUT2D eigenvalue weighted by Crippen LogP contribution is 2.19. The molecule has 80 valence electrons. The van der Waals surface area contributed by atoms with Crippen LogP contribution in [0.5, 0.6) is 0 Å². The Morgan fingerprint density at radius 1 is 1.60 bits per heavy atom. The average molecular weight is 240 g/mol. The lowest BCUT2D eigenvalue weighted by Crippen LogP contribution is -2.22. The fourth-order valence-corrected chi connectivity index (χ4v) is 2.86. The van der Waals surface area contributed by atoms with E-state index in [1.165, 1.54) is 23.1 Å². The zero-order chi connectivity index (χ0) is 10.8. The molecule has 0 bridgehead atoms. The molecule has 2 aromatic rings. The van der Waals surface area contributed by atoms with Gasteiger partial charge in [-0.05, 0) is 24.1 Å². The fraction of sp³-hybridized carbons (Fsp3) is 0.400. The molecule has 0 spiro atoms. The summed E-state index contributed by atoms with van der Waals surface area (Å²) in [5, 5.41) is 2.73. The molecule has 5 heteroatoms. The van der Waals surface area contributed by atoms with Crippen LogP contribution in [-0.4, -0.2) is 15.8 Å². The van der Waals surface area contributed by atoms with Crippen molar-refractivity contribution in [2.24, 2.45) is 0 Å². The molecule has 15 heavy (non-hydrogen) atoms. The highest BCUT2D eigenvalue weighted by molar-refractivity contribution is 7.98. The van der Waals surface area contributed by atoms with Gasteiger partial charge in [0, 0.05) is 6.54 Å². The van der Waals surface area contributed by atoms with Crippen molar-refractivity contribution in [1.29, 1.82) is 0 Å². The van der Waals surface area contributed by atoms with Gasteiger partial charge >= 0.3 is 0 Å². The average Bonchev–Trinajstić information content (AvgIpc) is 2.70. The van der Waals surface area contributed by atoms with Crippen molar-refractivity contribution < 1.29 is 0 Å². The first kappa shape index (κ1) is 10.7. The van der Waals surface area contributed by atoms with Gasteiger partial charge in [0.1, 0.15) is 4.70 Å². The standard InChI is InChI=1S/C10H12N2OS2/c1-3-5-12-9(13)8-7(4-6-15-8)11-10(12)14-2/h4,6H,3,5H2,1-2H3. The summed E-state index contributed by atoms with van der Waals surface area (Å²) in [5.74, 6) is 0. The molecule has 0 aliphatic carbocycles. The number of thiophene rings is 1. The first-order valence-electron chi connectivity index (χ1n) is 4.80. The van der Waals surface area contributed by atoms with Crippen LogP contribution in [-0.2, 0) is 6.54 Å². The number of rotatable bonds is 3. The van der Waals surface area contributed by atoms with E-state index in [0.29, 0.717) is 0 Å². The van der Waals surface area contributed by atoms with E-state index < -0.39 is 0 Å². The molecule has 0 N–H and O–H groups in total. The number of hydrogen-bond donors (Lipinski definition) is 0. The summed E-state index contributed by atoms with van der Waals surface area (Å²) in [7, 11) is 0. The summed E-state index contributed by atoms with van der Waals surface area (Å²) in [5.41, 5.74) is 0.919. The Labute approximate surface area is 96.1 Å². The number of aromatic nitrogens is 2. The summed E-state index contributed by atoms with van der Waals surface area (Å²) in [6, 6.07) is 1.90. The van der Waals surface area contributed by atoms with Gasteiger partial charge in [0.15, 0.2) is 5.16 Å². The van der Waals surface area contributed by atoms with Crippen LogP contribution in [0.4, 0.5) is 0 Å². The van der Waals surface area contributed by atoms with Gasteiger partial charge < -0.3 is 0 Å². The third kappa shape index (κ3) is 1.81. The largest absolute Gasteiger partial charge is 0.286 e. The van der Waals surface area contributed by atoms with Crippen LogP contribution in [0.2, 0.25) is 0 Å². The lowest BCUT2D eigenvalue weighted by atomic mass is 10.4. The third-order valence-electron chi connectivity index (χ3n) is 2.16. The van der Waals surface area contributed by atoms with Crippen LogP contribution in [0.25, 0.3) is 10.2 Å². The second-order valence-corrected chi connectivity index (χ2v) is 4.88. The molecule has 0 saturated carbocycles. The molecule has 0 unspecified atom stereocenters. The lowest BCUT2D eigenvalue weighted by Gasteiger charge is -2.08. The van der Waals surface area contributed by atoms with Crippen LogP contribution in [0.1, 0.15) is 13.3 Å². The Hall–Kier alpha value is -0.810. The fourth-order valence-electron chi connectivity index (χ4n) is 1.50. The molecule has 0 aliphatic heterocycles. The highest BCUT2D eigenvalue weighted by atomic mass is 32.2. The highest BCUT2D eigenvalue weighted by Gasteiger charge is 2.10. The SMILES string of the molecule is CCCn1c(SC)nc2ccsc2c1=O. The molecule has 2 aromatic heterocycles. The molecule has 0 radical (unpaired) electrons. The van der Waals surface area contributed by atoms with E-state index in [2.05, 4.69) is 11.9 Å². The molecule has 0 amide bonds. The van der Waals surface area contributed by atoms with E-state index in [1.807, 2.05) is 17.7 Å². The van der Waals surface area contributed by atoms with E-state index in [-0.39, 0.29) is 5.56 Å². The van der Waals surface area contributed by atoms with Crippen LogP contribution in [0.15, 0.2) is 21.4 Å². The van der Waals surface area contributed by atoms with Gasteiger partial charge in [0.05, 0.1) is 5.52 Å². The van der Waals surface area contributed by atoms with Gasteiger partial charge in [0.2, 0.25) is 0 Å². The van der Waals surface area contributed by atoms with Gasteiger partial charge in [-0.3, -0.25) is 9.36 Å². The van der Waals surface area contributed by atoms with E-state index in [4.69, 9.17) is 0 Å². The summed E-state index contributed by atoms with van der Waals surface area (Å²) >= 11 is 2.99. The summed E-state index contributed by atoms with van der Waals surface area (Å²) in [6.07, 6.45) is 2.90. The lowest BCUT2D eigenvalue weighted by molar-refractivity contribution is 0.586. The van der Waals surface area contributed by atoms with Gasteiger partial charge in [-0.25, -0.2) is 4.98 Å². The molecule has 0 aliphatic rings. The smallest absolute Gasteiger partial charge is 0.272 e. The zero-order valence-electron chi connectivity index (χ0n) is 8.69. The van der Waals surface area contributed by atoms with E-state index in [1.54, 1.807) is 4.57 Å². The molecule has 0 atom stereocenters. The van der Waals surface area contributed by atoms with Crippen molar-refractivity contribution in [3.8, 4) is 0 Å². The van der Waals surface area contributed by atoms with Gasteiger partial charge in [0.25, 0.3) is 5.56 Å². The van der Waals surface area contributed by atoms with Crippen molar-refractivity contribution in [2.75, 3.05) is 6.26 Å². The Morgan fingerprint density at radius 2 is 2.40 bits per heavy atom. The molecule has 2 heterocycles. The maximum absolute atomic E-state index is 12.1. The first-order valence-corrected chi connectivity index (χ1v) is 6.90. The minimum absolute atomic E-state index is 0.0983. The maximum Gasteiger partial charge on any atom is 0.272 e. The Kier molecular flexibility index (Phi) is 3.11. The van der Waals surface area contributed by atoms with Crippen molar-refractivity contribution in [2.45, 2.75) is 25.0 Å². The number of hydrogen-bond acceptors (Lipinski definition) is 4. The summed E-state index contributed by atoms with van der Waals surface area (Å²) in [4.78, 5) is 16.5. The van der Waals surface area contributed by atoms with E-state index in [0.717, 1.165) is 28.3 Å². The predicted molar refractivity (Wildman–Crippen MR) is 66.0 cm³/mol. The van der Waals surface area contributed by atoms with Crippen LogP contribution in [0, 0.1) is 0 Å². The summed E-state index contributed by atoms with van der Waals surface area (Å²) in [6.45, 7) is 2.81. The molecule has 3 nitrogen and oxygen atoms in total. The van der Waals surface area contributed by atoms with Crippen LogP contribution in [0.3, 0.4) is 0 Å². The Bertz CT molecular complexity index is 530. The molecule has 0 aromatic carbocycles. The van der Waals surface area contributed by atoms with E-state index >= 15 is 0 Å². The second kappa shape index (κ2) is 4.37. The Balaban J connectivity index is 2.74.